The summed E-state index contributed by atoms with van der Waals surface area (Å²) in [6, 6.07) is 8.68. The number of anilines is 1. The van der Waals surface area contributed by atoms with Gasteiger partial charge in [-0.2, -0.15) is 0 Å². The molecule has 0 aliphatic carbocycles. The van der Waals surface area contributed by atoms with Crippen molar-refractivity contribution < 1.29 is 9.53 Å². The molecule has 0 fully saturated rings. The zero-order valence-corrected chi connectivity index (χ0v) is 11.4. The zero-order chi connectivity index (χ0) is 14.5. The number of ether oxygens (including phenoxy) is 1. The minimum absolute atomic E-state index is 0.141. The molecule has 0 saturated heterocycles. The van der Waals surface area contributed by atoms with E-state index in [0.29, 0.717) is 21.8 Å². The summed E-state index contributed by atoms with van der Waals surface area (Å²) in [6.45, 7) is 0. The fraction of sp³-hybridized carbons (Fsp3) is 0.0667. The second kappa shape index (κ2) is 6.09. The molecule has 1 aromatic carbocycles. The molecule has 1 aromatic heterocycles. The van der Waals surface area contributed by atoms with E-state index in [0.717, 1.165) is 0 Å². The van der Waals surface area contributed by atoms with Crippen molar-refractivity contribution in [1.82, 2.24) is 4.98 Å². The van der Waals surface area contributed by atoms with E-state index in [1.807, 2.05) is 18.2 Å². The Labute approximate surface area is 121 Å². The molecule has 0 radical (unpaired) electrons. The summed E-state index contributed by atoms with van der Waals surface area (Å²) in [4.78, 5) is 15.3. The smallest absolute Gasteiger partial charge is 0.356 e. The molecule has 100 valence electrons. The fourth-order valence-electron chi connectivity index (χ4n) is 1.48. The molecule has 0 aliphatic heterocycles. The molecule has 0 amide bonds. The summed E-state index contributed by atoms with van der Waals surface area (Å²) in [6.07, 6.45) is 1.43. The second-order valence-electron chi connectivity index (χ2n) is 3.88. The average molecular weight is 287 g/mol. The monoisotopic (exact) mass is 286 g/mol. The van der Waals surface area contributed by atoms with Gasteiger partial charge in [-0.25, -0.2) is 9.78 Å². The van der Waals surface area contributed by atoms with Crippen LogP contribution in [-0.2, 0) is 4.74 Å². The van der Waals surface area contributed by atoms with E-state index in [9.17, 15) is 4.79 Å². The number of pyridine rings is 1. The lowest BCUT2D eigenvalue weighted by atomic mass is 10.1. The van der Waals surface area contributed by atoms with Crippen LogP contribution in [0.2, 0.25) is 5.02 Å². The Morgan fingerprint density at radius 2 is 2.00 bits per heavy atom. The van der Waals surface area contributed by atoms with Crippen LogP contribution in [-0.4, -0.2) is 18.1 Å². The van der Waals surface area contributed by atoms with E-state index in [-0.39, 0.29) is 5.69 Å². The first kappa shape index (κ1) is 13.9. The standard InChI is InChI=1S/C15H11ClN2O2/c1-20-15(19)14-8-12(16)11(9-18-14)7-6-10-4-2-3-5-13(10)17/h2-5,8-9H,17H2,1H3. The lowest BCUT2D eigenvalue weighted by Gasteiger charge is -2.00. The SMILES string of the molecule is COC(=O)c1cc(Cl)c(C#Cc2ccccc2N)cn1. The third-order valence-corrected chi connectivity index (χ3v) is 2.85. The van der Waals surface area contributed by atoms with Crippen LogP contribution >= 0.6 is 11.6 Å². The number of aromatic nitrogens is 1. The quantitative estimate of drug-likeness (QED) is 0.497. The molecule has 5 heteroatoms. The molecule has 20 heavy (non-hydrogen) atoms. The lowest BCUT2D eigenvalue weighted by Crippen LogP contribution is -2.04. The van der Waals surface area contributed by atoms with Crippen molar-refractivity contribution in [2.24, 2.45) is 0 Å². The highest BCUT2D eigenvalue weighted by molar-refractivity contribution is 6.32. The van der Waals surface area contributed by atoms with E-state index in [2.05, 4.69) is 21.6 Å². The van der Waals surface area contributed by atoms with E-state index < -0.39 is 5.97 Å². The van der Waals surface area contributed by atoms with Crippen molar-refractivity contribution in [3.63, 3.8) is 0 Å². The molecular formula is C15H11ClN2O2. The molecule has 4 nitrogen and oxygen atoms in total. The van der Waals surface area contributed by atoms with Crippen LogP contribution in [0, 0.1) is 11.8 Å². The number of carbonyl (C=O) groups is 1. The first-order valence-electron chi connectivity index (χ1n) is 5.72. The maximum atomic E-state index is 11.3. The third kappa shape index (κ3) is 3.08. The highest BCUT2D eigenvalue weighted by Crippen LogP contribution is 2.16. The molecule has 0 aliphatic rings. The van der Waals surface area contributed by atoms with Gasteiger partial charge in [0.15, 0.2) is 0 Å². The molecule has 0 unspecified atom stereocenters. The first-order chi connectivity index (χ1) is 9.61. The van der Waals surface area contributed by atoms with Crippen LogP contribution in [0.25, 0.3) is 0 Å². The van der Waals surface area contributed by atoms with E-state index in [1.54, 1.807) is 6.07 Å². The first-order valence-corrected chi connectivity index (χ1v) is 6.10. The summed E-state index contributed by atoms with van der Waals surface area (Å²) in [5.41, 5.74) is 7.75. The number of nitrogen functional groups attached to an aromatic ring is 1. The van der Waals surface area contributed by atoms with Crippen LogP contribution in [0.15, 0.2) is 36.5 Å². The van der Waals surface area contributed by atoms with Crippen molar-refractivity contribution in [3.05, 3.63) is 58.4 Å². The van der Waals surface area contributed by atoms with Crippen molar-refractivity contribution in [3.8, 4) is 11.8 Å². The number of hydrogen-bond donors (Lipinski definition) is 1. The van der Waals surface area contributed by atoms with Crippen LogP contribution < -0.4 is 5.73 Å². The minimum atomic E-state index is -0.543. The number of para-hydroxylation sites is 1. The van der Waals surface area contributed by atoms with Gasteiger partial charge in [-0.15, -0.1) is 0 Å². The largest absolute Gasteiger partial charge is 0.464 e. The van der Waals surface area contributed by atoms with Gasteiger partial charge in [-0.1, -0.05) is 35.6 Å². The van der Waals surface area contributed by atoms with Crippen molar-refractivity contribution in [1.29, 1.82) is 0 Å². The van der Waals surface area contributed by atoms with Crippen LogP contribution in [0.5, 0.6) is 0 Å². The molecule has 0 spiro atoms. The summed E-state index contributed by atoms with van der Waals surface area (Å²) in [5, 5.41) is 0.336. The number of carbonyl (C=O) groups excluding carboxylic acids is 1. The van der Waals surface area contributed by atoms with Gasteiger partial charge < -0.3 is 10.5 Å². The summed E-state index contributed by atoms with van der Waals surface area (Å²) in [7, 11) is 1.28. The normalized spacial score (nSPS) is 9.50. The maximum absolute atomic E-state index is 11.3. The van der Waals surface area contributed by atoms with Crippen LogP contribution in [0.3, 0.4) is 0 Å². The molecule has 0 bridgehead atoms. The fourth-order valence-corrected chi connectivity index (χ4v) is 1.68. The Balaban J connectivity index is 2.32. The summed E-state index contributed by atoms with van der Waals surface area (Å²) < 4.78 is 4.56. The van der Waals surface area contributed by atoms with Crippen molar-refractivity contribution >= 4 is 23.3 Å². The number of methoxy groups -OCH3 is 1. The lowest BCUT2D eigenvalue weighted by molar-refractivity contribution is 0.0594. The van der Waals surface area contributed by atoms with E-state index >= 15 is 0 Å². The van der Waals surface area contributed by atoms with Gasteiger partial charge in [-0.3, -0.25) is 0 Å². The van der Waals surface area contributed by atoms with E-state index in [4.69, 9.17) is 17.3 Å². The Kier molecular flexibility index (Phi) is 4.24. The molecule has 2 N–H and O–H groups in total. The Bertz CT molecular complexity index is 717. The van der Waals surface area contributed by atoms with Crippen molar-refractivity contribution in [2.75, 3.05) is 12.8 Å². The van der Waals surface area contributed by atoms with Gasteiger partial charge >= 0.3 is 5.97 Å². The van der Waals surface area contributed by atoms with Gasteiger partial charge in [0.05, 0.1) is 17.7 Å². The number of hydrogen-bond acceptors (Lipinski definition) is 4. The topological polar surface area (TPSA) is 65.2 Å². The number of nitrogens with two attached hydrogens (primary N) is 1. The maximum Gasteiger partial charge on any atom is 0.356 e. The number of benzene rings is 1. The molecule has 2 aromatic rings. The van der Waals surface area contributed by atoms with Crippen molar-refractivity contribution in [2.45, 2.75) is 0 Å². The second-order valence-corrected chi connectivity index (χ2v) is 4.29. The van der Waals surface area contributed by atoms with Gasteiger partial charge in [0.25, 0.3) is 0 Å². The summed E-state index contributed by atoms with van der Waals surface area (Å²) >= 11 is 6.05. The molecule has 0 saturated carbocycles. The third-order valence-electron chi connectivity index (χ3n) is 2.54. The Hall–Kier alpha value is -2.51. The molecule has 0 atom stereocenters. The zero-order valence-electron chi connectivity index (χ0n) is 10.7. The number of rotatable bonds is 1. The molecular weight excluding hydrogens is 276 g/mol. The van der Waals surface area contributed by atoms with Gasteiger partial charge in [0.2, 0.25) is 0 Å². The summed E-state index contributed by atoms with van der Waals surface area (Å²) in [5.74, 6) is 5.25. The van der Waals surface area contributed by atoms with Gasteiger partial charge in [0.1, 0.15) is 5.69 Å². The van der Waals surface area contributed by atoms with Gasteiger partial charge in [0, 0.05) is 17.4 Å². The molecule has 1 heterocycles. The number of nitrogens with zero attached hydrogens (tertiary/aromatic N) is 1. The van der Waals surface area contributed by atoms with Crippen LogP contribution in [0.4, 0.5) is 5.69 Å². The Morgan fingerprint density at radius 3 is 2.65 bits per heavy atom. The predicted octanol–water partition coefficient (Wildman–Crippen LogP) is 2.50. The highest BCUT2D eigenvalue weighted by Gasteiger charge is 2.09. The highest BCUT2D eigenvalue weighted by atomic mass is 35.5. The number of halogens is 1. The number of esters is 1. The molecule has 2 rings (SSSR count). The van der Waals surface area contributed by atoms with Gasteiger partial charge in [-0.05, 0) is 18.2 Å². The van der Waals surface area contributed by atoms with Crippen LogP contribution in [0.1, 0.15) is 21.6 Å². The van der Waals surface area contributed by atoms with E-state index in [1.165, 1.54) is 19.4 Å². The average Bonchev–Trinajstić information content (AvgIpc) is 2.46. The minimum Gasteiger partial charge on any atom is -0.464 e. The Morgan fingerprint density at radius 1 is 1.30 bits per heavy atom. The predicted molar refractivity (Wildman–Crippen MR) is 77.4 cm³/mol.